The van der Waals surface area contributed by atoms with Gasteiger partial charge in [0.05, 0.1) is 11.1 Å². The molecule has 3 N–H and O–H groups in total. The van der Waals surface area contributed by atoms with Gasteiger partial charge >= 0.3 is 12.1 Å². The van der Waals surface area contributed by atoms with Crippen molar-refractivity contribution in [2.75, 3.05) is 6.54 Å². The van der Waals surface area contributed by atoms with E-state index in [2.05, 4.69) is 10.6 Å². The Balaban J connectivity index is 1.72. The van der Waals surface area contributed by atoms with Crippen molar-refractivity contribution in [3.05, 3.63) is 70.2 Å². The number of carbonyl (C=O) groups excluding carboxylic acids is 2. The Labute approximate surface area is 204 Å². The normalized spacial score (nSPS) is 20.3. The largest absolute Gasteiger partial charge is 0.478 e. The summed E-state index contributed by atoms with van der Waals surface area (Å²) in [5.41, 5.74) is 0.194. The van der Waals surface area contributed by atoms with Crippen LogP contribution in [0.2, 0.25) is 5.02 Å². The van der Waals surface area contributed by atoms with Crippen molar-refractivity contribution in [2.45, 2.75) is 63.5 Å². The highest BCUT2D eigenvalue weighted by Crippen LogP contribution is 2.40. The van der Waals surface area contributed by atoms with Crippen LogP contribution in [0.3, 0.4) is 0 Å². The molecule has 1 fully saturated rings. The van der Waals surface area contributed by atoms with E-state index in [1.807, 2.05) is 45.0 Å². The van der Waals surface area contributed by atoms with Gasteiger partial charge in [-0.1, -0.05) is 35.9 Å². The Hall–Kier alpha value is -3.06. The van der Waals surface area contributed by atoms with Crippen molar-refractivity contribution < 1.29 is 24.2 Å². The summed E-state index contributed by atoms with van der Waals surface area (Å²) in [6.07, 6.45) is 2.27. The number of alkyl carbamates (subject to hydrolysis) is 1. The van der Waals surface area contributed by atoms with Crippen LogP contribution in [0.4, 0.5) is 4.79 Å². The predicted octanol–water partition coefficient (Wildman–Crippen LogP) is 5.17. The lowest BCUT2D eigenvalue weighted by atomic mass is 9.68. The van der Waals surface area contributed by atoms with Gasteiger partial charge in [-0.05, 0) is 76.3 Å². The van der Waals surface area contributed by atoms with E-state index in [4.69, 9.17) is 16.3 Å². The maximum Gasteiger partial charge on any atom is 0.407 e. The third kappa shape index (κ3) is 6.50. The number of hydrogen-bond acceptors (Lipinski definition) is 4. The molecule has 0 atom stereocenters. The van der Waals surface area contributed by atoms with Crippen LogP contribution in [0.25, 0.3) is 0 Å². The quantitative estimate of drug-likeness (QED) is 0.522. The fraction of sp³-hybridized carbons (Fsp3) is 0.423. The Morgan fingerprint density at radius 1 is 1.06 bits per heavy atom. The smallest absolute Gasteiger partial charge is 0.407 e. The molecule has 0 radical (unpaired) electrons. The average molecular weight is 487 g/mol. The third-order valence-electron chi connectivity index (χ3n) is 6.09. The zero-order valence-electron chi connectivity index (χ0n) is 19.7. The van der Waals surface area contributed by atoms with Crippen LogP contribution < -0.4 is 10.6 Å². The fourth-order valence-electron chi connectivity index (χ4n) is 4.39. The number of benzene rings is 2. The summed E-state index contributed by atoms with van der Waals surface area (Å²) in [5, 5.41) is 15.9. The number of nitrogens with one attached hydrogen (secondary N) is 2. The van der Waals surface area contributed by atoms with Gasteiger partial charge in [-0.15, -0.1) is 0 Å². The Morgan fingerprint density at radius 3 is 2.29 bits per heavy atom. The summed E-state index contributed by atoms with van der Waals surface area (Å²) in [6, 6.07) is 13.7. The number of halogens is 1. The van der Waals surface area contributed by atoms with Gasteiger partial charge in [0.15, 0.2) is 0 Å². The molecule has 0 saturated heterocycles. The second kappa shape index (κ2) is 10.5. The van der Waals surface area contributed by atoms with Gasteiger partial charge in [-0.2, -0.15) is 0 Å². The molecule has 2 aromatic rings. The molecule has 0 aliphatic heterocycles. The summed E-state index contributed by atoms with van der Waals surface area (Å²) >= 11 is 6.26. The van der Waals surface area contributed by atoms with Gasteiger partial charge < -0.3 is 20.5 Å². The molecule has 0 heterocycles. The Kier molecular flexibility index (Phi) is 7.87. The molecule has 2 aromatic carbocycles. The first-order valence-corrected chi connectivity index (χ1v) is 11.7. The molecule has 0 bridgehead atoms. The summed E-state index contributed by atoms with van der Waals surface area (Å²) in [6.45, 7) is 5.83. The standard InChI is InChI=1S/C26H31ClN2O5/c1-25(2,3)34-24(33)28-16-26(17-7-6-8-18(27)15-17)13-11-19(12-14-26)29-22(30)20-9-4-5-10-21(20)23(31)32/h4-10,15,19H,11-14,16H2,1-3H3,(H,28,33)(H,29,30)(H,31,32)/t19-,26+. The molecular weight excluding hydrogens is 456 g/mol. The van der Waals surface area contributed by atoms with Crippen molar-refractivity contribution >= 4 is 29.6 Å². The first kappa shape index (κ1) is 25.6. The summed E-state index contributed by atoms with van der Waals surface area (Å²) in [7, 11) is 0. The first-order valence-electron chi connectivity index (χ1n) is 11.4. The minimum Gasteiger partial charge on any atom is -0.478 e. The Morgan fingerprint density at radius 2 is 1.71 bits per heavy atom. The number of carboxylic acid groups (broad SMARTS) is 1. The maximum atomic E-state index is 12.8. The van der Waals surface area contributed by atoms with E-state index in [-0.39, 0.29) is 22.6 Å². The van der Waals surface area contributed by atoms with Crippen LogP contribution >= 0.6 is 11.6 Å². The number of hydrogen-bond donors (Lipinski definition) is 3. The molecule has 7 nitrogen and oxygen atoms in total. The van der Waals surface area contributed by atoms with E-state index in [0.717, 1.165) is 5.56 Å². The minimum atomic E-state index is -1.14. The number of carboxylic acids is 1. The lowest BCUT2D eigenvalue weighted by Gasteiger charge is -2.41. The number of aromatic carboxylic acids is 1. The van der Waals surface area contributed by atoms with E-state index in [9.17, 15) is 19.5 Å². The van der Waals surface area contributed by atoms with Crippen molar-refractivity contribution in [2.24, 2.45) is 0 Å². The van der Waals surface area contributed by atoms with Gasteiger partial charge in [0.25, 0.3) is 5.91 Å². The van der Waals surface area contributed by atoms with Gasteiger partial charge in [0.2, 0.25) is 0 Å². The molecule has 1 aliphatic carbocycles. The van der Waals surface area contributed by atoms with Crippen molar-refractivity contribution in [3.63, 3.8) is 0 Å². The predicted molar refractivity (Wildman–Crippen MR) is 130 cm³/mol. The highest BCUT2D eigenvalue weighted by molar-refractivity contribution is 6.30. The van der Waals surface area contributed by atoms with E-state index in [1.165, 1.54) is 12.1 Å². The van der Waals surface area contributed by atoms with Crippen LogP contribution in [0.15, 0.2) is 48.5 Å². The van der Waals surface area contributed by atoms with Gasteiger partial charge in [-0.3, -0.25) is 4.79 Å². The summed E-state index contributed by atoms with van der Waals surface area (Å²) in [4.78, 5) is 36.6. The minimum absolute atomic E-state index is 0.0226. The maximum absolute atomic E-state index is 12.8. The molecule has 1 aliphatic rings. The van der Waals surface area contributed by atoms with Crippen molar-refractivity contribution in [1.29, 1.82) is 0 Å². The van der Waals surface area contributed by atoms with Crippen LogP contribution in [0, 0.1) is 0 Å². The van der Waals surface area contributed by atoms with Gasteiger partial charge in [-0.25, -0.2) is 9.59 Å². The molecule has 34 heavy (non-hydrogen) atoms. The molecule has 8 heteroatoms. The molecule has 2 amide bonds. The average Bonchev–Trinajstić information content (AvgIpc) is 2.77. The van der Waals surface area contributed by atoms with E-state index < -0.39 is 23.6 Å². The molecule has 1 saturated carbocycles. The van der Waals surface area contributed by atoms with Crippen LogP contribution in [-0.4, -0.2) is 41.3 Å². The second-order valence-electron chi connectivity index (χ2n) is 9.74. The Bertz CT molecular complexity index is 1060. The summed E-state index contributed by atoms with van der Waals surface area (Å²) in [5.74, 6) is -1.53. The highest BCUT2D eigenvalue weighted by Gasteiger charge is 2.38. The van der Waals surface area contributed by atoms with Gasteiger partial charge in [0, 0.05) is 23.0 Å². The van der Waals surface area contributed by atoms with E-state index >= 15 is 0 Å². The van der Waals surface area contributed by atoms with Crippen LogP contribution in [-0.2, 0) is 10.2 Å². The lowest BCUT2D eigenvalue weighted by molar-refractivity contribution is 0.0505. The number of amides is 2. The van der Waals surface area contributed by atoms with E-state index in [1.54, 1.807) is 12.1 Å². The number of ether oxygens (including phenoxy) is 1. The van der Waals surface area contributed by atoms with E-state index in [0.29, 0.717) is 37.3 Å². The topological polar surface area (TPSA) is 105 Å². The molecule has 182 valence electrons. The second-order valence-corrected chi connectivity index (χ2v) is 10.2. The summed E-state index contributed by atoms with van der Waals surface area (Å²) < 4.78 is 5.41. The number of carbonyl (C=O) groups is 3. The third-order valence-corrected chi connectivity index (χ3v) is 6.32. The fourth-order valence-corrected chi connectivity index (χ4v) is 4.58. The zero-order chi connectivity index (χ0) is 24.9. The van der Waals surface area contributed by atoms with Gasteiger partial charge in [0.1, 0.15) is 5.60 Å². The van der Waals surface area contributed by atoms with Crippen LogP contribution in [0.5, 0.6) is 0 Å². The lowest BCUT2D eigenvalue weighted by Crippen LogP contribution is -2.48. The van der Waals surface area contributed by atoms with Crippen molar-refractivity contribution in [3.8, 4) is 0 Å². The first-order chi connectivity index (χ1) is 16.0. The SMILES string of the molecule is CC(C)(C)OC(=O)NC[C@]1(c2cccc(Cl)c2)CC[C@@H](NC(=O)c2ccccc2C(=O)O)CC1. The molecule has 0 spiro atoms. The number of rotatable bonds is 6. The molecule has 3 rings (SSSR count). The van der Waals surface area contributed by atoms with Crippen molar-refractivity contribution in [1.82, 2.24) is 10.6 Å². The zero-order valence-corrected chi connectivity index (χ0v) is 20.4. The molecule has 0 unspecified atom stereocenters. The highest BCUT2D eigenvalue weighted by atomic mass is 35.5. The monoisotopic (exact) mass is 486 g/mol. The van der Waals surface area contributed by atoms with Crippen LogP contribution in [0.1, 0.15) is 72.7 Å². The molecular formula is C26H31ClN2O5. The molecule has 0 aromatic heterocycles.